The molecule has 4 atom stereocenters. The lowest BCUT2D eigenvalue weighted by atomic mass is 9.87. The van der Waals surface area contributed by atoms with Crippen molar-refractivity contribution < 1.29 is 15.0 Å². The first-order valence-corrected chi connectivity index (χ1v) is 9.56. The van der Waals surface area contributed by atoms with E-state index >= 15 is 0 Å². The molecule has 0 aromatic heterocycles. The zero-order valence-corrected chi connectivity index (χ0v) is 15.6. The van der Waals surface area contributed by atoms with E-state index in [0.29, 0.717) is 22.5 Å². The molecule has 5 aliphatic rings. The van der Waals surface area contributed by atoms with E-state index in [2.05, 4.69) is 9.97 Å². The van der Waals surface area contributed by atoms with E-state index in [0.717, 1.165) is 0 Å². The summed E-state index contributed by atoms with van der Waals surface area (Å²) in [5, 5.41) is 26.4. The molecule has 0 aromatic rings. The second-order valence-corrected chi connectivity index (χ2v) is 7.50. The van der Waals surface area contributed by atoms with Gasteiger partial charge in [0.2, 0.25) is 0 Å². The fourth-order valence-electron chi connectivity index (χ4n) is 4.56. The van der Waals surface area contributed by atoms with Gasteiger partial charge < -0.3 is 25.0 Å². The molecule has 4 unspecified atom stereocenters. The topological polar surface area (TPSA) is 129 Å². The lowest BCUT2D eigenvalue weighted by Crippen LogP contribution is -2.41. The molecule has 2 N–H and O–H groups in total. The third-order valence-corrected chi connectivity index (χ3v) is 5.88. The number of H-pyrrole nitrogens is 2. The Hall–Kier alpha value is -3.55. The van der Waals surface area contributed by atoms with Crippen LogP contribution in [0, 0.1) is 0 Å². The fraction of sp³-hybridized carbons (Fsp3) is 0.174. The number of aromatic nitrogens is 2. The van der Waals surface area contributed by atoms with Gasteiger partial charge in [-0.15, -0.1) is 6.10 Å². The van der Waals surface area contributed by atoms with E-state index < -0.39 is 40.9 Å². The second-order valence-electron chi connectivity index (χ2n) is 7.50. The number of hydrogen-bond acceptors (Lipinski definition) is 5. The zero-order chi connectivity index (χ0) is 21.0. The summed E-state index contributed by atoms with van der Waals surface area (Å²) in [6, 6.07) is 17.0. The zero-order valence-electron chi connectivity index (χ0n) is 15.6. The third-order valence-electron chi connectivity index (χ3n) is 5.88. The van der Waals surface area contributed by atoms with Crippen LogP contribution in [0.1, 0.15) is 23.0 Å². The summed E-state index contributed by atoms with van der Waals surface area (Å²) in [6.07, 6.45) is -3.66. The first-order valence-electron chi connectivity index (χ1n) is 9.56. The molecule has 7 heteroatoms. The van der Waals surface area contributed by atoms with Crippen LogP contribution < -0.4 is 21.3 Å². The predicted octanol–water partition coefficient (Wildman–Crippen LogP) is 0.181. The van der Waals surface area contributed by atoms with Gasteiger partial charge in [-0.1, -0.05) is 54.6 Å². The molecule has 0 bridgehead atoms. The first-order chi connectivity index (χ1) is 14.5. The van der Waals surface area contributed by atoms with E-state index in [1.165, 1.54) is 0 Å². The van der Waals surface area contributed by atoms with Crippen molar-refractivity contribution in [3.63, 3.8) is 0 Å². The molecule has 7 nitrogen and oxygen atoms in total. The minimum absolute atomic E-state index is 0.00685. The summed E-state index contributed by atoms with van der Waals surface area (Å²) in [4.78, 5) is 43.5. The van der Waals surface area contributed by atoms with Gasteiger partial charge in [0.05, 0.1) is 0 Å². The molecule has 1 saturated carbocycles. The standard InChI is InChI=1S/C23H16N2O5/c26-19-17(15-11-7-3-1-5-9-13(11)24-22(15)29)20(27)21(28)18(19)16-12-8-4-2-6-10-14(12)25-23(16)30/h1-10,17-20H,(H,24,29)(H,25,30)/q-2. The average molecular weight is 400 g/mol. The molecular weight excluding hydrogens is 384 g/mol. The molecule has 3 aliphatic carbocycles. The number of Topliss-reactive ketones (excluding diaryl/α,β-unsaturated/α-hetero) is 1. The molecule has 0 spiro atoms. The largest absolute Gasteiger partial charge is 0.851 e. The minimum Gasteiger partial charge on any atom is -0.851 e. The Morgan fingerprint density at radius 1 is 0.667 bits per heavy atom. The van der Waals surface area contributed by atoms with E-state index in [-0.39, 0.29) is 11.1 Å². The molecule has 0 aromatic carbocycles. The number of carbonyl (C=O) groups is 1. The van der Waals surface area contributed by atoms with Crippen LogP contribution in [-0.4, -0.2) is 28.0 Å². The number of fused-ring (bicyclic) bond motifs is 2. The van der Waals surface area contributed by atoms with E-state index in [4.69, 9.17) is 0 Å². The van der Waals surface area contributed by atoms with Crippen molar-refractivity contribution in [2.75, 3.05) is 0 Å². The van der Waals surface area contributed by atoms with Crippen molar-refractivity contribution >= 4 is 5.78 Å². The first kappa shape index (κ1) is 18.5. The number of carbonyl (C=O) groups excluding carboxylic acids is 1. The van der Waals surface area contributed by atoms with Gasteiger partial charge in [-0.3, -0.25) is 9.59 Å². The summed E-state index contributed by atoms with van der Waals surface area (Å²) in [7, 11) is 0. The minimum atomic E-state index is -1.92. The lowest BCUT2D eigenvalue weighted by Gasteiger charge is -2.32. The van der Waals surface area contributed by atoms with Gasteiger partial charge in [-0.2, -0.15) is 0 Å². The highest BCUT2D eigenvalue weighted by molar-refractivity contribution is 5.96. The van der Waals surface area contributed by atoms with E-state index in [9.17, 15) is 24.6 Å². The summed E-state index contributed by atoms with van der Waals surface area (Å²) in [6.45, 7) is 0. The normalized spacial score (nSPS) is 24.0. The van der Waals surface area contributed by atoms with Crippen LogP contribution in [0.4, 0.5) is 0 Å². The summed E-state index contributed by atoms with van der Waals surface area (Å²) in [5.74, 6) is -3.63. The number of aromatic amines is 2. The summed E-state index contributed by atoms with van der Waals surface area (Å²) >= 11 is 0. The monoisotopic (exact) mass is 400 g/mol. The van der Waals surface area contributed by atoms with Crippen molar-refractivity contribution in [1.82, 2.24) is 9.97 Å². The van der Waals surface area contributed by atoms with Crippen LogP contribution >= 0.6 is 0 Å². The third kappa shape index (κ3) is 2.56. The Morgan fingerprint density at radius 3 is 1.77 bits per heavy atom. The molecule has 30 heavy (non-hydrogen) atoms. The predicted molar refractivity (Wildman–Crippen MR) is 105 cm³/mol. The molecule has 2 heterocycles. The number of ketones is 1. The molecule has 5 rings (SSSR count). The molecule has 1 fully saturated rings. The van der Waals surface area contributed by atoms with Crippen LogP contribution in [-0.2, 0) is 4.79 Å². The highest BCUT2D eigenvalue weighted by Crippen LogP contribution is 2.43. The fourth-order valence-corrected chi connectivity index (χ4v) is 4.56. The van der Waals surface area contributed by atoms with Gasteiger partial charge in [0, 0.05) is 39.6 Å². The van der Waals surface area contributed by atoms with Crippen LogP contribution in [0.15, 0.2) is 70.3 Å². The molecule has 2 aliphatic heterocycles. The molecule has 0 saturated heterocycles. The van der Waals surface area contributed by atoms with Gasteiger partial charge in [-0.25, -0.2) is 0 Å². The van der Waals surface area contributed by atoms with E-state index in [1.54, 1.807) is 60.7 Å². The Kier molecular flexibility index (Phi) is 4.16. The van der Waals surface area contributed by atoms with Crippen LogP contribution in [0.5, 0.6) is 0 Å². The van der Waals surface area contributed by atoms with Gasteiger partial charge in [0.1, 0.15) is 5.78 Å². The Balaban J connectivity index is 1.67. The molecule has 0 amide bonds. The molecule has 150 valence electrons. The second kappa shape index (κ2) is 6.76. The maximum absolute atomic E-state index is 13.4. The Morgan fingerprint density at radius 2 is 1.17 bits per heavy atom. The van der Waals surface area contributed by atoms with Crippen molar-refractivity contribution in [2.24, 2.45) is 0 Å². The van der Waals surface area contributed by atoms with Gasteiger partial charge in [0.25, 0.3) is 11.1 Å². The highest BCUT2D eigenvalue weighted by atomic mass is 16.3. The quantitative estimate of drug-likeness (QED) is 0.496. The number of rotatable bonds is 2. The van der Waals surface area contributed by atoms with Crippen molar-refractivity contribution in [3.8, 4) is 22.5 Å². The Bertz CT molecular complexity index is 1320. The van der Waals surface area contributed by atoms with Gasteiger partial charge >= 0.3 is 0 Å². The van der Waals surface area contributed by atoms with Crippen LogP contribution in [0.2, 0.25) is 0 Å². The summed E-state index contributed by atoms with van der Waals surface area (Å²) < 4.78 is 0. The van der Waals surface area contributed by atoms with Crippen molar-refractivity contribution in [3.05, 3.63) is 92.5 Å². The maximum atomic E-state index is 13.4. The smallest absolute Gasteiger partial charge is 0.252 e. The van der Waals surface area contributed by atoms with E-state index in [1.807, 2.05) is 0 Å². The number of nitrogens with one attached hydrogen (secondary N) is 2. The average Bonchev–Trinajstić information content (AvgIpc) is 3.07. The van der Waals surface area contributed by atoms with Gasteiger partial charge in [-0.05, 0) is 18.1 Å². The maximum Gasteiger partial charge on any atom is 0.252 e. The lowest BCUT2D eigenvalue weighted by molar-refractivity contribution is -0.451. The Labute approximate surface area is 170 Å². The molecule has 0 radical (unpaired) electrons. The number of hydrogen-bond donors (Lipinski definition) is 2. The van der Waals surface area contributed by atoms with Crippen LogP contribution in [0.3, 0.4) is 0 Å². The molecular formula is C23H16N2O5-2. The summed E-state index contributed by atoms with van der Waals surface area (Å²) in [5.41, 5.74) is 0.762. The van der Waals surface area contributed by atoms with Crippen molar-refractivity contribution in [2.45, 2.75) is 24.0 Å². The SMILES string of the molecule is O=C1C([O-])C(c2c3cccccc-3[nH]c2=O)C([O-])C1c1c2cccccc-2[nH]c1=O. The van der Waals surface area contributed by atoms with Crippen LogP contribution in [0.25, 0.3) is 22.5 Å². The highest BCUT2D eigenvalue weighted by Gasteiger charge is 2.44. The van der Waals surface area contributed by atoms with Gasteiger partial charge in [0.15, 0.2) is 0 Å². The van der Waals surface area contributed by atoms with Crippen molar-refractivity contribution in [1.29, 1.82) is 0 Å².